The van der Waals surface area contributed by atoms with Gasteiger partial charge in [0, 0.05) is 17.0 Å². The van der Waals surface area contributed by atoms with E-state index in [-0.39, 0.29) is 5.92 Å². The van der Waals surface area contributed by atoms with Crippen LogP contribution in [-0.2, 0) is 4.79 Å². The van der Waals surface area contributed by atoms with Gasteiger partial charge in [-0.05, 0) is 30.9 Å². The van der Waals surface area contributed by atoms with Crippen LogP contribution in [0.3, 0.4) is 0 Å². The molecule has 0 amide bonds. The molecule has 0 aromatic heterocycles. The molecule has 2 rings (SSSR count). The quantitative estimate of drug-likeness (QED) is 0.806. The zero-order chi connectivity index (χ0) is 12.3. The molecule has 90 valence electrons. The van der Waals surface area contributed by atoms with E-state index in [4.69, 9.17) is 16.7 Å². The minimum atomic E-state index is -0.862. The highest BCUT2D eigenvalue weighted by atomic mass is 35.5. The summed E-state index contributed by atoms with van der Waals surface area (Å²) in [6.07, 6.45) is 5.41. The zero-order valence-electron chi connectivity index (χ0n) is 9.53. The van der Waals surface area contributed by atoms with Crippen LogP contribution < -0.4 is 0 Å². The Morgan fingerprint density at radius 1 is 1.35 bits per heavy atom. The Labute approximate surface area is 106 Å². The minimum absolute atomic E-state index is 0.175. The van der Waals surface area contributed by atoms with Gasteiger partial charge in [-0.3, -0.25) is 0 Å². The number of halogens is 1. The molecule has 0 aliphatic heterocycles. The number of carboxylic acid groups (broad SMARTS) is 1. The van der Waals surface area contributed by atoms with Crippen LogP contribution in [-0.4, -0.2) is 11.1 Å². The number of benzene rings is 1. The molecular formula is C14H15ClO2. The fourth-order valence-electron chi connectivity index (χ4n) is 2.48. The standard InChI is InChI=1S/C14H15ClO2/c15-13-8-4-3-7-12(13)11-6-2-1-5-10(11)9-14(16)17/h3-4,7-9,11H,1-2,5-6H2,(H,16,17)/b10-9+. The van der Waals surface area contributed by atoms with Crippen molar-refractivity contribution in [2.75, 3.05) is 0 Å². The van der Waals surface area contributed by atoms with E-state index in [2.05, 4.69) is 0 Å². The number of hydrogen-bond donors (Lipinski definition) is 1. The van der Waals surface area contributed by atoms with Gasteiger partial charge in [0.05, 0.1) is 0 Å². The molecular weight excluding hydrogens is 236 g/mol. The van der Waals surface area contributed by atoms with Crippen LogP contribution in [0.5, 0.6) is 0 Å². The number of allylic oxidation sites excluding steroid dienone is 1. The lowest BCUT2D eigenvalue weighted by Crippen LogP contribution is -2.10. The van der Waals surface area contributed by atoms with Crippen LogP contribution in [0.15, 0.2) is 35.9 Å². The molecule has 0 heterocycles. The van der Waals surface area contributed by atoms with Crippen LogP contribution >= 0.6 is 11.6 Å². The van der Waals surface area contributed by atoms with Crippen LogP contribution in [0.4, 0.5) is 0 Å². The average Bonchev–Trinajstić information content (AvgIpc) is 2.30. The Hall–Kier alpha value is -1.28. The molecule has 2 nitrogen and oxygen atoms in total. The van der Waals surface area contributed by atoms with E-state index in [1.807, 2.05) is 24.3 Å². The highest BCUT2D eigenvalue weighted by Crippen LogP contribution is 2.39. The molecule has 0 bridgehead atoms. The first-order chi connectivity index (χ1) is 8.18. The van der Waals surface area contributed by atoms with Crippen LogP contribution in [0, 0.1) is 0 Å². The Bertz CT molecular complexity index is 451. The van der Waals surface area contributed by atoms with E-state index in [0.717, 1.165) is 41.8 Å². The molecule has 1 atom stereocenters. The fourth-order valence-corrected chi connectivity index (χ4v) is 2.75. The van der Waals surface area contributed by atoms with E-state index in [1.54, 1.807) is 0 Å². The third-order valence-corrected chi connectivity index (χ3v) is 3.59. The van der Waals surface area contributed by atoms with Gasteiger partial charge in [0.15, 0.2) is 0 Å². The molecule has 1 fully saturated rings. The number of carbonyl (C=O) groups is 1. The predicted octanol–water partition coefficient (Wildman–Crippen LogP) is 4.01. The second-order valence-electron chi connectivity index (χ2n) is 4.38. The van der Waals surface area contributed by atoms with Crippen molar-refractivity contribution in [3.63, 3.8) is 0 Å². The van der Waals surface area contributed by atoms with Crippen molar-refractivity contribution in [2.24, 2.45) is 0 Å². The van der Waals surface area contributed by atoms with E-state index in [0.29, 0.717) is 0 Å². The minimum Gasteiger partial charge on any atom is -0.478 e. The van der Waals surface area contributed by atoms with Gasteiger partial charge in [-0.2, -0.15) is 0 Å². The summed E-state index contributed by atoms with van der Waals surface area (Å²) in [6.45, 7) is 0. The van der Waals surface area contributed by atoms with Crippen molar-refractivity contribution < 1.29 is 9.90 Å². The van der Waals surface area contributed by atoms with Crippen molar-refractivity contribution in [1.82, 2.24) is 0 Å². The summed E-state index contributed by atoms with van der Waals surface area (Å²) in [4.78, 5) is 10.8. The fraction of sp³-hybridized carbons (Fsp3) is 0.357. The largest absolute Gasteiger partial charge is 0.478 e. The van der Waals surface area contributed by atoms with Crippen LogP contribution in [0.2, 0.25) is 5.02 Å². The van der Waals surface area contributed by atoms with Gasteiger partial charge in [0.2, 0.25) is 0 Å². The Morgan fingerprint density at radius 2 is 2.12 bits per heavy atom. The highest BCUT2D eigenvalue weighted by molar-refractivity contribution is 6.31. The number of carboxylic acids is 1. The van der Waals surface area contributed by atoms with Gasteiger partial charge in [-0.15, -0.1) is 0 Å². The summed E-state index contributed by atoms with van der Waals surface area (Å²) < 4.78 is 0. The van der Waals surface area contributed by atoms with Gasteiger partial charge in [0.1, 0.15) is 0 Å². The summed E-state index contributed by atoms with van der Waals surface area (Å²) in [5, 5.41) is 9.62. The Balaban J connectivity index is 2.35. The van der Waals surface area contributed by atoms with Crippen LogP contribution in [0.1, 0.15) is 37.2 Å². The molecule has 0 spiro atoms. The van der Waals surface area contributed by atoms with Gasteiger partial charge in [0.25, 0.3) is 0 Å². The zero-order valence-corrected chi connectivity index (χ0v) is 10.3. The third-order valence-electron chi connectivity index (χ3n) is 3.25. The van der Waals surface area contributed by atoms with Crippen molar-refractivity contribution in [2.45, 2.75) is 31.6 Å². The SMILES string of the molecule is O=C(O)/C=C1\CCCCC1c1ccccc1Cl. The van der Waals surface area contributed by atoms with Gasteiger partial charge in [-0.25, -0.2) is 4.79 Å². The lowest BCUT2D eigenvalue weighted by atomic mass is 9.79. The maximum absolute atomic E-state index is 10.8. The van der Waals surface area contributed by atoms with Crippen molar-refractivity contribution in [3.05, 3.63) is 46.5 Å². The predicted molar refractivity (Wildman–Crippen MR) is 68.4 cm³/mol. The maximum atomic E-state index is 10.8. The summed E-state index contributed by atoms with van der Waals surface area (Å²) in [7, 11) is 0. The van der Waals surface area contributed by atoms with Crippen molar-refractivity contribution in [1.29, 1.82) is 0 Å². The van der Waals surface area contributed by atoms with E-state index in [1.165, 1.54) is 6.08 Å². The molecule has 1 aliphatic rings. The maximum Gasteiger partial charge on any atom is 0.328 e. The average molecular weight is 251 g/mol. The third kappa shape index (κ3) is 2.89. The second kappa shape index (κ2) is 5.37. The highest BCUT2D eigenvalue weighted by Gasteiger charge is 2.22. The summed E-state index contributed by atoms with van der Waals surface area (Å²) in [5.74, 6) is -0.687. The molecule has 1 aliphatic carbocycles. The molecule has 1 aromatic rings. The van der Waals surface area contributed by atoms with Gasteiger partial charge < -0.3 is 5.11 Å². The van der Waals surface area contributed by atoms with E-state index < -0.39 is 5.97 Å². The van der Waals surface area contributed by atoms with E-state index >= 15 is 0 Å². The number of hydrogen-bond acceptors (Lipinski definition) is 1. The Kier molecular flexibility index (Phi) is 3.85. The first kappa shape index (κ1) is 12.2. The summed E-state index contributed by atoms with van der Waals surface area (Å²) in [5.41, 5.74) is 2.05. The second-order valence-corrected chi connectivity index (χ2v) is 4.78. The topological polar surface area (TPSA) is 37.3 Å². The molecule has 1 unspecified atom stereocenters. The first-order valence-electron chi connectivity index (χ1n) is 5.86. The molecule has 0 radical (unpaired) electrons. The lowest BCUT2D eigenvalue weighted by Gasteiger charge is -2.26. The Morgan fingerprint density at radius 3 is 2.82 bits per heavy atom. The monoisotopic (exact) mass is 250 g/mol. The van der Waals surface area contributed by atoms with Crippen molar-refractivity contribution in [3.8, 4) is 0 Å². The smallest absolute Gasteiger partial charge is 0.328 e. The normalized spacial score (nSPS) is 22.6. The number of rotatable bonds is 2. The molecule has 1 N–H and O–H groups in total. The molecule has 1 saturated carbocycles. The first-order valence-corrected chi connectivity index (χ1v) is 6.24. The molecule has 0 saturated heterocycles. The van der Waals surface area contributed by atoms with Gasteiger partial charge in [-0.1, -0.05) is 41.8 Å². The molecule has 3 heteroatoms. The lowest BCUT2D eigenvalue weighted by molar-refractivity contribution is -0.131. The van der Waals surface area contributed by atoms with Crippen LogP contribution in [0.25, 0.3) is 0 Å². The van der Waals surface area contributed by atoms with E-state index in [9.17, 15) is 4.79 Å². The summed E-state index contributed by atoms with van der Waals surface area (Å²) >= 11 is 6.18. The van der Waals surface area contributed by atoms with Gasteiger partial charge >= 0.3 is 5.97 Å². The number of aliphatic carboxylic acids is 1. The molecule has 1 aromatic carbocycles. The summed E-state index contributed by atoms with van der Waals surface area (Å²) in [6, 6.07) is 7.71. The van der Waals surface area contributed by atoms with Crippen molar-refractivity contribution >= 4 is 17.6 Å². The molecule has 17 heavy (non-hydrogen) atoms.